The lowest BCUT2D eigenvalue weighted by Crippen LogP contribution is -2.67. The Hall–Kier alpha value is -2.79. The van der Waals surface area contributed by atoms with E-state index in [0.717, 1.165) is 16.0 Å². The summed E-state index contributed by atoms with van der Waals surface area (Å²) in [4.78, 5) is 0.836. The van der Waals surface area contributed by atoms with E-state index in [9.17, 15) is 4.21 Å². The topological polar surface area (TPSA) is 26.3 Å². The Morgan fingerprint density at radius 2 is 1.17 bits per heavy atom. The highest BCUT2D eigenvalue weighted by Gasteiger charge is 2.51. The van der Waals surface area contributed by atoms with Crippen molar-refractivity contribution in [2.24, 2.45) is 0 Å². The Labute approximate surface area is 213 Å². The van der Waals surface area contributed by atoms with E-state index in [1.54, 1.807) is 0 Å². The van der Waals surface area contributed by atoms with Crippen LogP contribution in [0.5, 0.6) is 0 Å². The largest absolute Gasteiger partial charge is 0.400 e. The zero-order chi connectivity index (χ0) is 24.9. The third-order valence-corrected chi connectivity index (χ3v) is 12.9. The predicted molar refractivity (Wildman–Crippen MR) is 150 cm³/mol. The van der Waals surface area contributed by atoms with E-state index in [4.69, 9.17) is 4.43 Å². The third kappa shape index (κ3) is 5.56. The van der Waals surface area contributed by atoms with E-state index in [1.165, 1.54) is 10.4 Å². The van der Waals surface area contributed by atoms with Crippen LogP contribution in [0.15, 0.2) is 120 Å². The van der Waals surface area contributed by atoms with Gasteiger partial charge in [-0.2, -0.15) is 0 Å². The van der Waals surface area contributed by atoms with Crippen LogP contribution >= 0.6 is 0 Å². The minimum absolute atomic E-state index is 0.159. The summed E-state index contributed by atoms with van der Waals surface area (Å²) in [6.45, 7) is 8.88. The van der Waals surface area contributed by atoms with Crippen molar-refractivity contribution in [3.8, 4) is 0 Å². The van der Waals surface area contributed by atoms with Crippen molar-refractivity contribution >= 4 is 29.5 Å². The van der Waals surface area contributed by atoms with Crippen molar-refractivity contribution in [2.75, 3.05) is 5.75 Å². The Morgan fingerprint density at radius 3 is 1.63 bits per heavy atom. The molecule has 4 aromatic rings. The average Bonchev–Trinajstić information content (AvgIpc) is 2.87. The number of hydrogen-bond donors (Lipinski definition) is 0. The monoisotopic (exact) mass is 498 g/mol. The molecule has 0 N–H and O–H groups in total. The molecule has 0 unspecified atom stereocenters. The van der Waals surface area contributed by atoms with Gasteiger partial charge in [-0.1, -0.05) is 129 Å². The molecule has 4 aromatic carbocycles. The molecule has 2 nitrogen and oxygen atoms in total. The molecule has 0 amide bonds. The van der Waals surface area contributed by atoms with E-state index in [2.05, 4.69) is 93.6 Å². The van der Waals surface area contributed by atoms with Crippen molar-refractivity contribution in [2.45, 2.75) is 43.7 Å². The second kappa shape index (κ2) is 10.9. The number of benzene rings is 4. The zero-order valence-corrected chi connectivity index (χ0v) is 22.8. The lowest BCUT2D eigenvalue weighted by molar-refractivity contribution is 0.214. The molecule has 0 aliphatic heterocycles. The molecular formula is C31H34O2SSi. The summed E-state index contributed by atoms with van der Waals surface area (Å²) in [5.41, 5.74) is 2.22. The van der Waals surface area contributed by atoms with E-state index in [1.807, 2.05) is 49.4 Å². The Balaban J connectivity index is 1.85. The summed E-state index contributed by atoms with van der Waals surface area (Å²) < 4.78 is 21.0. The molecular weight excluding hydrogens is 464 g/mol. The molecule has 0 heterocycles. The lowest BCUT2D eigenvalue weighted by atomic mass is 10.1. The molecule has 0 fully saturated rings. The van der Waals surface area contributed by atoms with Gasteiger partial charge in [0.25, 0.3) is 8.32 Å². The highest BCUT2D eigenvalue weighted by molar-refractivity contribution is 7.85. The maximum absolute atomic E-state index is 13.6. The van der Waals surface area contributed by atoms with Crippen LogP contribution in [0.3, 0.4) is 0 Å². The molecule has 4 rings (SSSR count). The lowest BCUT2D eigenvalue weighted by Gasteiger charge is -2.45. The summed E-state index contributed by atoms with van der Waals surface area (Å²) >= 11 is 0. The van der Waals surface area contributed by atoms with E-state index >= 15 is 0 Å². The Morgan fingerprint density at radius 1 is 0.714 bits per heavy atom. The second-order valence-electron chi connectivity index (χ2n) is 10.0. The Kier molecular flexibility index (Phi) is 7.85. The average molecular weight is 499 g/mol. The van der Waals surface area contributed by atoms with Crippen molar-refractivity contribution in [1.82, 2.24) is 0 Å². The Bertz CT molecular complexity index is 1190. The van der Waals surface area contributed by atoms with Gasteiger partial charge in [0.05, 0.1) is 22.7 Å². The third-order valence-electron chi connectivity index (χ3n) is 6.49. The quantitative estimate of drug-likeness (QED) is 0.262. The maximum atomic E-state index is 13.6. The molecule has 180 valence electrons. The summed E-state index contributed by atoms with van der Waals surface area (Å²) in [5, 5.41) is 2.29. The number of aryl methyl sites for hydroxylation is 1. The van der Waals surface area contributed by atoms with Crippen LogP contribution in [0.4, 0.5) is 0 Å². The molecule has 0 saturated heterocycles. The molecule has 0 spiro atoms. The van der Waals surface area contributed by atoms with Crippen LogP contribution in [-0.2, 0) is 15.2 Å². The van der Waals surface area contributed by atoms with Gasteiger partial charge in [0.1, 0.15) is 0 Å². The summed E-state index contributed by atoms with van der Waals surface area (Å²) in [5.74, 6) is 0.400. The standard InChI is InChI=1S/C31H34O2SSi/c1-25-20-22-27(23-21-25)34(32)24-30(26-14-8-5-9-15-26)33-35(31(2,3)4,28-16-10-6-11-17-28)29-18-12-7-13-19-29/h5-23,30H,24H2,1-4H3/t30-,34-/m0/s1. The van der Waals surface area contributed by atoms with Crippen LogP contribution in [0, 0.1) is 6.92 Å². The maximum Gasteiger partial charge on any atom is 0.261 e. The smallest absolute Gasteiger partial charge is 0.261 e. The van der Waals surface area contributed by atoms with Crippen LogP contribution in [0.2, 0.25) is 5.04 Å². The van der Waals surface area contributed by atoms with E-state index < -0.39 is 19.1 Å². The fourth-order valence-corrected chi connectivity index (χ4v) is 10.6. The first-order chi connectivity index (χ1) is 16.8. The number of rotatable bonds is 8. The van der Waals surface area contributed by atoms with Crippen molar-refractivity contribution in [1.29, 1.82) is 0 Å². The molecule has 0 bridgehead atoms. The van der Waals surface area contributed by atoms with Crippen LogP contribution in [0.25, 0.3) is 0 Å². The molecule has 35 heavy (non-hydrogen) atoms. The highest BCUT2D eigenvalue weighted by Crippen LogP contribution is 2.40. The summed E-state index contributed by atoms with van der Waals surface area (Å²) in [7, 11) is -4.01. The van der Waals surface area contributed by atoms with Gasteiger partial charge in [-0.3, -0.25) is 4.21 Å². The van der Waals surface area contributed by atoms with Crippen LogP contribution < -0.4 is 10.4 Å². The molecule has 0 saturated carbocycles. The van der Waals surface area contributed by atoms with Crippen LogP contribution in [-0.4, -0.2) is 18.3 Å². The SMILES string of the molecule is Cc1ccc([S@@](=O)C[C@H](O[Si](c2ccccc2)(c2ccccc2)C(C)(C)C)c2ccccc2)cc1. The molecule has 0 aliphatic carbocycles. The van der Waals surface area contributed by atoms with Crippen molar-refractivity contribution in [3.63, 3.8) is 0 Å². The first kappa shape index (κ1) is 25.3. The van der Waals surface area contributed by atoms with E-state index in [0.29, 0.717) is 5.75 Å². The van der Waals surface area contributed by atoms with Crippen molar-refractivity contribution < 1.29 is 8.63 Å². The predicted octanol–water partition coefficient (Wildman–Crippen LogP) is 6.42. The molecule has 2 atom stereocenters. The second-order valence-corrected chi connectivity index (χ2v) is 15.8. The molecule has 0 aliphatic rings. The minimum Gasteiger partial charge on any atom is -0.400 e. The first-order valence-electron chi connectivity index (χ1n) is 12.1. The number of hydrogen-bond acceptors (Lipinski definition) is 2. The normalized spacial score (nSPS) is 13.8. The molecule has 0 aromatic heterocycles. The van der Waals surface area contributed by atoms with E-state index in [-0.39, 0.29) is 11.1 Å². The van der Waals surface area contributed by atoms with Crippen molar-refractivity contribution in [3.05, 3.63) is 126 Å². The fourth-order valence-electron chi connectivity index (χ4n) is 4.69. The summed E-state index contributed by atoms with van der Waals surface area (Å²) in [6, 6.07) is 39.5. The van der Waals surface area contributed by atoms with Gasteiger partial charge in [-0.15, -0.1) is 0 Å². The summed E-state index contributed by atoms with van der Waals surface area (Å²) in [6.07, 6.45) is -0.315. The van der Waals surface area contributed by atoms with Gasteiger partial charge in [0.15, 0.2) is 0 Å². The molecule has 0 radical (unpaired) electrons. The highest BCUT2D eigenvalue weighted by atomic mass is 32.2. The van der Waals surface area contributed by atoms with Gasteiger partial charge >= 0.3 is 0 Å². The fraction of sp³-hybridized carbons (Fsp3) is 0.226. The molecule has 4 heteroatoms. The first-order valence-corrected chi connectivity index (χ1v) is 15.3. The zero-order valence-electron chi connectivity index (χ0n) is 21.0. The minimum atomic E-state index is -2.81. The van der Waals surface area contributed by atoms with Gasteiger partial charge in [-0.25, -0.2) is 0 Å². The van der Waals surface area contributed by atoms with Gasteiger partial charge in [0, 0.05) is 4.90 Å². The van der Waals surface area contributed by atoms with Gasteiger partial charge in [-0.05, 0) is 40.0 Å². The van der Waals surface area contributed by atoms with Gasteiger partial charge < -0.3 is 4.43 Å². The van der Waals surface area contributed by atoms with Crippen LogP contribution in [0.1, 0.15) is 38.0 Å². The van der Waals surface area contributed by atoms with Gasteiger partial charge in [0.2, 0.25) is 0 Å².